The van der Waals surface area contributed by atoms with Crippen LogP contribution in [0.4, 0.5) is 5.69 Å². The quantitative estimate of drug-likeness (QED) is 0.654. The van der Waals surface area contributed by atoms with Crippen LogP contribution in [0.3, 0.4) is 0 Å². The van der Waals surface area contributed by atoms with E-state index in [1.807, 2.05) is 0 Å². The summed E-state index contributed by atoms with van der Waals surface area (Å²) in [5, 5.41) is 0.438. The van der Waals surface area contributed by atoms with Gasteiger partial charge in [0.1, 0.15) is 0 Å². The maximum atomic E-state index is 12.4. The number of nitrogens with zero attached hydrogens (tertiary/aromatic N) is 1. The smallest absolute Gasteiger partial charge is 0.261 e. The van der Waals surface area contributed by atoms with Crippen LogP contribution in [0, 0.1) is 0 Å². The Kier molecular flexibility index (Phi) is 3.47. The summed E-state index contributed by atoms with van der Waals surface area (Å²) < 4.78 is 0.759. The molecule has 6 heteroatoms. The van der Waals surface area contributed by atoms with Crippen LogP contribution < -0.4 is 5.73 Å². The number of nitrogen functional groups attached to an aromatic ring is 1. The monoisotopic (exact) mass is 364 g/mol. The van der Waals surface area contributed by atoms with Crippen LogP contribution in [-0.4, -0.2) is 16.7 Å². The number of anilines is 1. The molecule has 0 radical (unpaired) electrons. The van der Waals surface area contributed by atoms with Gasteiger partial charge in [0, 0.05) is 15.2 Å². The van der Waals surface area contributed by atoms with E-state index in [2.05, 4.69) is 15.9 Å². The third-order valence-corrected chi connectivity index (χ3v) is 4.18. The summed E-state index contributed by atoms with van der Waals surface area (Å²) >= 11 is 9.40. The molecule has 0 fully saturated rings. The topological polar surface area (TPSA) is 63.4 Å². The third-order valence-electron chi connectivity index (χ3n) is 3.34. The van der Waals surface area contributed by atoms with Crippen LogP contribution in [0.15, 0.2) is 40.9 Å². The molecule has 2 aromatic rings. The Morgan fingerprint density at radius 2 is 1.76 bits per heavy atom. The molecule has 0 spiro atoms. The van der Waals surface area contributed by atoms with E-state index in [1.165, 1.54) is 4.90 Å². The van der Waals surface area contributed by atoms with Gasteiger partial charge in [-0.1, -0.05) is 33.6 Å². The predicted octanol–water partition coefficient (Wildman–Crippen LogP) is 3.48. The molecule has 0 atom stereocenters. The number of carbonyl (C=O) groups excluding carboxylic acids is 2. The van der Waals surface area contributed by atoms with Gasteiger partial charge in [0.05, 0.1) is 17.7 Å². The van der Waals surface area contributed by atoms with Crippen molar-refractivity contribution in [3.63, 3.8) is 0 Å². The Balaban J connectivity index is 1.95. The first-order valence-electron chi connectivity index (χ1n) is 6.17. The van der Waals surface area contributed by atoms with E-state index < -0.39 is 0 Å². The van der Waals surface area contributed by atoms with Crippen molar-refractivity contribution < 1.29 is 9.59 Å². The number of hydrogen-bond acceptors (Lipinski definition) is 3. The summed E-state index contributed by atoms with van der Waals surface area (Å²) in [6, 6.07) is 10.0. The number of amides is 2. The first kappa shape index (κ1) is 14.1. The Labute approximate surface area is 134 Å². The molecule has 1 aliphatic rings. The molecule has 2 N–H and O–H groups in total. The maximum absolute atomic E-state index is 12.4. The van der Waals surface area contributed by atoms with Crippen molar-refractivity contribution in [1.82, 2.24) is 4.90 Å². The molecule has 0 bridgehead atoms. The first-order chi connectivity index (χ1) is 9.97. The Hall–Kier alpha value is -1.85. The molecule has 4 nitrogen and oxygen atoms in total. The van der Waals surface area contributed by atoms with Gasteiger partial charge in [-0.2, -0.15) is 0 Å². The minimum atomic E-state index is -0.316. The number of halogens is 2. The fourth-order valence-electron chi connectivity index (χ4n) is 2.27. The molecule has 106 valence electrons. The second-order valence-corrected chi connectivity index (χ2v) is 6.06. The van der Waals surface area contributed by atoms with E-state index in [4.69, 9.17) is 17.3 Å². The fourth-order valence-corrected chi connectivity index (χ4v) is 2.88. The second kappa shape index (κ2) is 5.16. The highest BCUT2D eigenvalue weighted by Gasteiger charge is 2.35. The molecule has 3 rings (SSSR count). The molecule has 21 heavy (non-hydrogen) atoms. The zero-order chi connectivity index (χ0) is 15.1. The molecule has 0 unspecified atom stereocenters. The highest BCUT2D eigenvalue weighted by atomic mass is 79.9. The number of hydrogen-bond donors (Lipinski definition) is 1. The Bertz CT molecular complexity index is 776. The van der Waals surface area contributed by atoms with E-state index in [1.54, 1.807) is 36.4 Å². The summed E-state index contributed by atoms with van der Waals surface area (Å²) in [6.07, 6.45) is 0. The van der Waals surface area contributed by atoms with Crippen LogP contribution >= 0.6 is 27.5 Å². The van der Waals surface area contributed by atoms with E-state index in [0.29, 0.717) is 27.4 Å². The SMILES string of the molecule is Nc1ccc(CN2C(=O)c3ccc(Br)cc3C2=O)c(Cl)c1. The van der Waals surface area contributed by atoms with Gasteiger partial charge < -0.3 is 5.73 Å². The number of carbonyl (C=O) groups is 2. The van der Waals surface area contributed by atoms with Crippen molar-refractivity contribution in [2.75, 3.05) is 5.73 Å². The van der Waals surface area contributed by atoms with Gasteiger partial charge in [-0.05, 0) is 35.9 Å². The molecule has 0 saturated heterocycles. The molecule has 0 aromatic heterocycles. The van der Waals surface area contributed by atoms with Crippen LogP contribution in [0.25, 0.3) is 0 Å². The second-order valence-electron chi connectivity index (χ2n) is 4.74. The highest BCUT2D eigenvalue weighted by Crippen LogP contribution is 2.29. The standard InChI is InChI=1S/C15H10BrClN2O2/c16-9-2-4-11-12(5-9)15(21)19(14(11)20)7-8-1-3-10(18)6-13(8)17/h1-6H,7,18H2. The molecule has 0 aliphatic carbocycles. The van der Waals surface area contributed by atoms with Gasteiger partial charge in [-0.3, -0.25) is 14.5 Å². The summed E-state index contributed by atoms with van der Waals surface area (Å²) in [5.41, 5.74) is 7.67. The molecule has 2 aromatic carbocycles. The third kappa shape index (κ3) is 2.43. The largest absolute Gasteiger partial charge is 0.399 e. The van der Waals surface area contributed by atoms with Gasteiger partial charge >= 0.3 is 0 Å². The van der Waals surface area contributed by atoms with Crippen molar-refractivity contribution in [2.45, 2.75) is 6.54 Å². The predicted molar refractivity (Wildman–Crippen MR) is 84.2 cm³/mol. The maximum Gasteiger partial charge on any atom is 0.261 e. The van der Waals surface area contributed by atoms with Crippen molar-refractivity contribution in [3.05, 3.63) is 62.6 Å². The molecular formula is C15H10BrClN2O2. The van der Waals surface area contributed by atoms with Crippen LogP contribution in [0.1, 0.15) is 26.3 Å². The van der Waals surface area contributed by atoms with E-state index >= 15 is 0 Å². The summed E-state index contributed by atoms with van der Waals surface area (Å²) in [7, 11) is 0. The number of rotatable bonds is 2. The van der Waals surface area contributed by atoms with Gasteiger partial charge in [0.2, 0.25) is 0 Å². The van der Waals surface area contributed by atoms with Gasteiger partial charge in [0.15, 0.2) is 0 Å². The van der Waals surface area contributed by atoms with Crippen LogP contribution in [-0.2, 0) is 6.54 Å². The minimum Gasteiger partial charge on any atom is -0.399 e. The fraction of sp³-hybridized carbons (Fsp3) is 0.0667. The average molecular weight is 366 g/mol. The molecule has 2 amide bonds. The normalized spacial score (nSPS) is 13.7. The zero-order valence-electron chi connectivity index (χ0n) is 10.8. The lowest BCUT2D eigenvalue weighted by molar-refractivity contribution is 0.0642. The molecule has 1 aliphatic heterocycles. The van der Waals surface area contributed by atoms with E-state index in [0.717, 1.165) is 4.47 Å². The number of fused-ring (bicyclic) bond motifs is 1. The van der Waals surface area contributed by atoms with Crippen molar-refractivity contribution in [3.8, 4) is 0 Å². The van der Waals surface area contributed by atoms with Crippen molar-refractivity contribution in [2.24, 2.45) is 0 Å². The Morgan fingerprint density at radius 1 is 1.05 bits per heavy atom. The van der Waals surface area contributed by atoms with Gasteiger partial charge in [-0.25, -0.2) is 0 Å². The van der Waals surface area contributed by atoms with Gasteiger partial charge in [-0.15, -0.1) is 0 Å². The highest BCUT2D eigenvalue weighted by molar-refractivity contribution is 9.10. The first-order valence-corrected chi connectivity index (χ1v) is 7.34. The molecule has 1 heterocycles. The summed E-state index contributed by atoms with van der Waals surface area (Å²) in [6.45, 7) is 0.128. The minimum absolute atomic E-state index is 0.128. The van der Waals surface area contributed by atoms with Crippen molar-refractivity contribution >= 4 is 45.0 Å². The number of imide groups is 1. The molecular weight excluding hydrogens is 356 g/mol. The molecule has 0 saturated carbocycles. The van der Waals surface area contributed by atoms with E-state index in [-0.39, 0.29) is 18.4 Å². The lowest BCUT2D eigenvalue weighted by atomic mass is 10.1. The van der Waals surface area contributed by atoms with Crippen LogP contribution in [0.2, 0.25) is 5.02 Å². The zero-order valence-corrected chi connectivity index (χ0v) is 13.1. The van der Waals surface area contributed by atoms with Crippen molar-refractivity contribution in [1.29, 1.82) is 0 Å². The Morgan fingerprint density at radius 3 is 2.48 bits per heavy atom. The summed E-state index contributed by atoms with van der Waals surface area (Å²) in [5.74, 6) is -0.625. The average Bonchev–Trinajstić information content (AvgIpc) is 2.66. The summed E-state index contributed by atoms with van der Waals surface area (Å²) in [4.78, 5) is 25.9. The lowest BCUT2D eigenvalue weighted by Crippen LogP contribution is -2.29. The number of nitrogens with two attached hydrogens (primary N) is 1. The number of benzene rings is 2. The lowest BCUT2D eigenvalue weighted by Gasteiger charge is -2.15. The van der Waals surface area contributed by atoms with Gasteiger partial charge in [0.25, 0.3) is 11.8 Å². The van der Waals surface area contributed by atoms with E-state index in [9.17, 15) is 9.59 Å². The van der Waals surface area contributed by atoms with Crippen LogP contribution in [0.5, 0.6) is 0 Å².